The van der Waals surface area contributed by atoms with Crippen LogP contribution in [0.4, 0.5) is 10.2 Å². The summed E-state index contributed by atoms with van der Waals surface area (Å²) >= 11 is 8.96. The number of nitrogens with one attached hydrogen (secondary N) is 1. The topological polar surface area (TPSA) is 85.1 Å². The van der Waals surface area contributed by atoms with E-state index in [0.29, 0.717) is 4.47 Å². The normalized spacial score (nSPS) is 11.4. The quantitative estimate of drug-likeness (QED) is 0.835. The number of pyridine rings is 1. The molecule has 0 aliphatic heterocycles. The number of nitrogens with zero attached hydrogens (tertiary/aromatic N) is 1. The van der Waals surface area contributed by atoms with Crippen LogP contribution in [0, 0.1) is 5.82 Å². The number of nitrogens with two attached hydrogens (primary N) is 1. The Hall–Kier alpha value is -1.22. The maximum atomic E-state index is 14.2. The molecule has 2 aromatic rings. The fraction of sp³-hybridized carbons (Fsp3) is 0.0833. The number of anilines is 1. The van der Waals surface area contributed by atoms with Gasteiger partial charge in [-0.3, -0.25) is 4.72 Å². The van der Waals surface area contributed by atoms with Crippen LogP contribution in [0.2, 0.25) is 5.02 Å². The van der Waals surface area contributed by atoms with Gasteiger partial charge in [-0.2, -0.15) is 0 Å². The Labute approximate surface area is 134 Å². The van der Waals surface area contributed by atoms with Crippen molar-refractivity contribution < 1.29 is 12.8 Å². The largest absolute Gasteiger partial charge is 0.326 e. The summed E-state index contributed by atoms with van der Waals surface area (Å²) in [6.45, 7) is -0.164. The second-order valence-electron chi connectivity index (χ2n) is 4.02. The lowest BCUT2D eigenvalue weighted by Crippen LogP contribution is -2.17. The summed E-state index contributed by atoms with van der Waals surface area (Å²) in [4.78, 5) is 3.29. The molecule has 3 N–H and O–H groups in total. The SMILES string of the molecule is NCc1cc(Cl)cc(S(=O)(=O)Nc2ncccc2Br)c1F. The Morgan fingerprint density at radius 2 is 2.14 bits per heavy atom. The molecule has 0 atom stereocenters. The van der Waals surface area contributed by atoms with Crippen LogP contribution >= 0.6 is 27.5 Å². The van der Waals surface area contributed by atoms with E-state index < -0.39 is 20.7 Å². The smallest absolute Gasteiger partial charge is 0.266 e. The molecule has 9 heteroatoms. The summed E-state index contributed by atoms with van der Waals surface area (Å²) in [6.07, 6.45) is 1.41. The van der Waals surface area contributed by atoms with E-state index >= 15 is 0 Å². The Morgan fingerprint density at radius 1 is 1.43 bits per heavy atom. The van der Waals surface area contributed by atoms with Crippen LogP contribution in [0.15, 0.2) is 39.8 Å². The number of aromatic nitrogens is 1. The van der Waals surface area contributed by atoms with Gasteiger partial charge >= 0.3 is 0 Å². The first-order valence-corrected chi connectivity index (χ1v) is 8.32. The van der Waals surface area contributed by atoms with Crippen molar-refractivity contribution in [3.63, 3.8) is 0 Å². The number of rotatable bonds is 4. The molecule has 5 nitrogen and oxygen atoms in total. The highest BCUT2D eigenvalue weighted by Gasteiger charge is 2.23. The van der Waals surface area contributed by atoms with E-state index in [0.717, 1.165) is 6.07 Å². The molecule has 0 saturated carbocycles. The van der Waals surface area contributed by atoms with Crippen molar-refractivity contribution in [3.05, 3.63) is 51.3 Å². The van der Waals surface area contributed by atoms with Crippen molar-refractivity contribution in [1.82, 2.24) is 4.98 Å². The molecule has 112 valence electrons. The minimum Gasteiger partial charge on any atom is -0.326 e. The van der Waals surface area contributed by atoms with E-state index in [4.69, 9.17) is 17.3 Å². The zero-order chi connectivity index (χ0) is 15.6. The maximum Gasteiger partial charge on any atom is 0.266 e. The molecule has 0 bridgehead atoms. The van der Waals surface area contributed by atoms with Crippen molar-refractivity contribution in [2.75, 3.05) is 4.72 Å². The first kappa shape index (κ1) is 16.2. The first-order chi connectivity index (χ1) is 9.85. The molecule has 2 rings (SSSR count). The second kappa shape index (κ2) is 6.27. The summed E-state index contributed by atoms with van der Waals surface area (Å²) < 4.78 is 41.4. The van der Waals surface area contributed by atoms with E-state index in [-0.39, 0.29) is 22.9 Å². The number of hydrogen-bond acceptors (Lipinski definition) is 4. The molecule has 21 heavy (non-hydrogen) atoms. The lowest BCUT2D eigenvalue weighted by Gasteiger charge is -2.11. The van der Waals surface area contributed by atoms with Crippen molar-refractivity contribution in [2.24, 2.45) is 5.73 Å². The van der Waals surface area contributed by atoms with E-state index in [2.05, 4.69) is 25.6 Å². The monoisotopic (exact) mass is 393 g/mol. The van der Waals surface area contributed by atoms with E-state index in [1.807, 2.05) is 0 Å². The fourth-order valence-electron chi connectivity index (χ4n) is 1.61. The Kier molecular flexibility index (Phi) is 4.82. The first-order valence-electron chi connectivity index (χ1n) is 5.66. The van der Waals surface area contributed by atoms with Gasteiger partial charge in [-0.1, -0.05) is 11.6 Å². The van der Waals surface area contributed by atoms with Gasteiger partial charge in [0, 0.05) is 23.3 Å². The Balaban J connectivity index is 2.50. The summed E-state index contributed by atoms with van der Waals surface area (Å²) in [5.74, 6) is -0.882. The fourth-order valence-corrected chi connectivity index (χ4v) is 3.57. The van der Waals surface area contributed by atoms with Gasteiger partial charge in [0.2, 0.25) is 0 Å². The van der Waals surface area contributed by atoms with Gasteiger partial charge in [0.25, 0.3) is 10.0 Å². The third-order valence-corrected chi connectivity index (χ3v) is 4.77. The zero-order valence-corrected chi connectivity index (χ0v) is 13.6. The predicted molar refractivity (Wildman–Crippen MR) is 82.0 cm³/mol. The van der Waals surface area contributed by atoms with Crippen LogP contribution in [0.3, 0.4) is 0 Å². The van der Waals surface area contributed by atoms with Crippen molar-refractivity contribution in [2.45, 2.75) is 11.4 Å². The third kappa shape index (κ3) is 3.52. The van der Waals surface area contributed by atoms with E-state index in [1.165, 1.54) is 12.3 Å². The molecule has 0 saturated heterocycles. The van der Waals surface area contributed by atoms with Gasteiger partial charge in [-0.15, -0.1) is 0 Å². The summed E-state index contributed by atoms with van der Waals surface area (Å²) in [5.41, 5.74) is 5.39. The molecule has 1 aromatic heterocycles. The van der Waals surface area contributed by atoms with Gasteiger partial charge in [0.1, 0.15) is 10.7 Å². The van der Waals surface area contributed by atoms with Crippen molar-refractivity contribution >= 4 is 43.4 Å². The highest BCUT2D eigenvalue weighted by molar-refractivity contribution is 9.10. The minimum absolute atomic E-state index is 0.0166. The average Bonchev–Trinajstić information content (AvgIpc) is 2.43. The Bertz CT molecular complexity index is 786. The molecule has 0 unspecified atom stereocenters. The lowest BCUT2D eigenvalue weighted by molar-refractivity contribution is 0.560. The molecule has 0 aliphatic carbocycles. The summed E-state index contributed by atoms with van der Waals surface area (Å²) in [6, 6.07) is 5.53. The molecule has 0 aliphatic rings. The van der Waals surface area contributed by atoms with E-state index in [1.54, 1.807) is 12.1 Å². The molecule has 0 radical (unpaired) electrons. The van der Waals surface area contributed by atoms with Crippen LogP contribution in [-0.2, 0) is 16.6 Å². The van der Waals surface area contributed by atoms with Crippen LogP contribution in [0.25, 0.3) is 0 Å². The zero-order valence-electron chi connectivity index (χ0n) is 10.5. The predicted octanol–water partition coefficient (Wildman–Crippen LogP) is 2.90. The third-order valence-electron chi connectivity index (χ3n) is 2.58. The number of hydrogen-bond donors (Lipinski definition) is 2. The molecule has 0 spiro atoms. The van der Waals surface area contributed by atoms with E-state index in [9.17, 15) is 12.8 Å². The van der Waals surface area contributed by atoms with Crippen LogP contribution < -0.4 is 10.5 Å². The van der Waals surface area contributed by atoms with Crippen LogP contribution in [0.5, 0.6) is 0 Å². The summed E-state index contributed by atoms with van der Waals surface area (Å²) in [5, 5.41) is 0.0808. The highest BCUT2D eigenvalue weighted by Crippen LogP contribution is 2.27. The van der Waals surface area contributed by atoms with Crippen LogP contribution in [-0.4, -0.2) is 13.4 Å². The highest BCUT2D eigenvalue weighted by atomic mass is 79.9. The molecule has 0 fully saturated rings. The second-order valence-corrected chi connectivity index (χ2v) is 6.96. The lowest BCUT2D eigenvalue weighted by atomic mass is 10.2. The number of benzene rings is 1. The van der Waals surface area contributed by atoms with Gasteiger partial charge in [0.15, 0.2) is 5.82 Å². The maximum absolute atomic E-state index is 14.2. The molecule has 0 amide bonds. The standard InChI is InChI=1S/C12H10BrClFN3O2S/c13-9-2-1-3-17-12(9)18-21(19,20)10-5-8(14)4-7(6-16)11(10)15/h1-5H,6,16H2,(H,17,18). The van der Waals surface area contributed by atoms with Gasteiger partial charge in [-0.05, 0) is 40.2 Å². The number of sulfonamides is 1. The molecular formula is C12H10BrClFN3O2S. The molecule has 1 heterocycles. The average molecular weight is 395 g/mol. The van der Waals surface area contributed by atoms with Crippen LogP contribution in [0.1, 0.15) is 5.56 Å². The molecular weight excluding hydrogens is 385 g/mol. The number of halogens is 3. The Morgan fingerprint density at radius 3 is 2.76 bits per heavy atom. The molecule has 1 aromatic carbocycles. The van der Waals surface area contributed by atoms with Gasteiger partial charge < -0.3 is 5.73 Å². The minimum atomic E-state index is -4.18. The van der Waals surface area contributed by atoms with Crippen molar-refractivity contribution in [1.29, 1.82) is 0 Å². The van der Waals surface area contributed by atoms with Crippen molar-refractivity contribution in [3.8, 4) is 0 Å². The van der Waals surface area contributed by atoms with Gasteiger partial charge in [-0.25, -0.2) is 17.8 Å². The summed E-state index contributed by atoms with van der Waals surface area (Å²) in [7, 11) is -4.18. The van der Waals surface area contributed by atoms with Gasteiger partial charge in [0.05, 0.1) is 4.47 Å².